The molecule has 0 radical (unpaired) electrons. The van der Waals surface area contributed by atoms with E-state index in [4.69, 9.17) is 9.15 Å². The smallest absolute Gasteiger partial charge is 0.331 e. The fraction of sp³-hybridized carbons (Fsp3) is 0.300. The molecule has 0 fully saturated rings. The molecule has 3 rings (SSSR count). The van der Waals surface area contributed by atoms with E-state index in [1.54, 1.807) is 13.0 Å². The molecule has 1 aliphatic carbocycles. The number of Topliss-reactive ketones (excluding diaryl/α,β-unsaturated/α-hetero) is 1. The summed E-state index contributed by atoms with van der Waals surface area (Å²) in [5, 5.41) is 0. The molecule has 1 aromatic heterocycles. The predicted octanol–water partition coefficient (Wildman–Crippen LogP) is 3.90. The van der Waals surface area contributed by atoms with Gasteiger partial charge in [-0.2, -0.15) is 0 Å². The molecule has 0 bridgehead atoms. The van der Waals surface area contributed by atoms with Crippen molar-refractivity contribution in [1.29, 1.82) is 0 Å². The second-order valence-electron chi connectivity index (χ2n) is 6.06. The number of aryl methyl sites for hydroxylation is 3. The second kappa shape index (κ2) is 6.87. The summed E-state index contributed by atoms with van der Waals surface area (Å²) in [7, 11) is 0. The van der Waals surface area contributed by atoms with Gasteiger partial charge in [-0.15, -0.1) is 0 Å². The lowest BCUT2D eigenvalue weighted by Gasteiger charge is -2.11. The predicted molar refractivity (Wildman–Crippen MR) is 90.8 cm³/mol. The van der Waals surface area contributed by atoms with Gasteiger partial charge in [0, 0.05) is 11.6 Å². The van der Waals surface area contributed by atoms with E-state index in [9.17, 15) is 9.59 Å². The quantitative estimate of drug-likeness (QED) is 0.475. The maximum atomic E-state index is 12.4. The van der Waals surface area contributed by atoms with Crippen molar-refractivity contribution in [2.45, 2.75) is 39.2 Å². The van der Waals surface area contributed by atoms with Gasteiger partial charge in [-0.3, -0.25) is 4.79 Å². The third-order valence-corrected chi connectivity index (χ3v) is 4.19. The highest BCUT2D eigenvalue weighted by Gasteiger charge is 2.20. The topological polar surface area (TPSA) is 56.5 Å². The highest BCUT2D eigenvalue weighted by molar-refractivity contribution is 6.01. The maximum Gasteiger partial charge on any atom is 0.331 e. The Morgan fingerprint density at radius 3 is 2.71 bits per heavy atom. The van der Waals surface area contributed by atoms with E-state index >= 15 is 0 Å². The highest BCUT2D eigenvalue weighted by atomic mass is 16.5. The van der Waals surface area contributed by atoms with Crippen LogP contribution in [0, 0.1) is 6.92 Å². The van der Waals surface area contributed by atoms with Gasteiger partial charge in [0.05, 0.1) is 0 Å². The standard InChI is InChI=1S/C20H20O4/c1-13-6-9-18(23-13)10-11-19(21)24-14(2)20(22)17-8-7-15-4-3-5-16(15)12-17/h6-12,14H,3-5H2,1-2H3/b11-10+/t14-/m0/s1. The summed E-state index contributed by atoms with van der Waals surface area (Å²) in [5.41, 5.74) is 3.14. The number of hydrogen-bond acceptors (Lipinski definition) is 4. The molecule has 0 saturated carbocycles. The number of benzene rings is 1. The van der Waals surface area contributed by atoms with Crippen LogP contribution >= 0.6 is 0 Å². The Balaban J connectivity index is 1.61. The minimum atomic E-state index is -0.819. The molecule has 1 atom stereocenters. The minimum absolute atomic E-state index is 0.180. The van der Waals surface area contributed by atoms with E-state index in [2.05, 4.69) is 0 Å². The minimum Gasteiger partial charge on any atom is -0.462 e. The lowest BCUT2D eigenvalue weighted by Crippen LogP contribution is -2.23. The van der Waals surface area contributed by atoms with Crippen LogP contribution in [0.15, 0.2) is 40.8 Å². The highest BCUT2D eigenvalue weighted by Crippen LogP contribution is 2.23. The summed E-state index contributed by atoms with van der Waals surface area (Å²) in [6.45, 7) is 3.42. The number of furan rings is 1. The number of fused-ring (bicyclic) bond motifs is 1. The number of ether oxygens (including phenoxy) is 1. The molecule has 0 aliphatic heterocycles. The lowest BCUT2D eigenvalue weighted by atomic mass is 10.0. The van der Waals surface area contributed by atoms with Crippen LogP contribution in [0.3, 0.4) is 0 Å². The van der Waals surface area contributed by atoms with Gasteiger partial charge in [0.15, 0.2) is 6.10 Å². The molecule has 0 saturated heterocycles. The third kappa shape index (κ3) is 3.65. The number of carbonyl (C=O) groups is 2. The van der Waals surface area contributed by atoms with Gasteiger partial charge in [-0.05, 0) is 68.5 Å². The van der Waals surface area contributed by atoms with E-state index in [0.29, 0.717) is 11.3 Å². The lowest BCUT2D eigenvalue weighted by molar-refractivity contribution is -0.140. The molecule has 0 N–H and O–H groups in total. The molecular weight excluding hydrogens is 304 g/mol. The average Bonchev–Trinajstić information content (AvgIpc) is 3.19. The molecular formula is C20H20O4. The van der Waals surface area contributed by atoms with Gasteiger partial charge < -0.3 is 9.15 Å². The molecule has 24 heavy (non-hydrogen) atoms. The van der Waals surface area contributed by atoms with Gasteiger partial charge >= 0.3 is 5.97 Å². The Labute approximate surface area is 141 Å². The SMILES string of the molecule is Cc1ccc(/C=C/C(=O)O[C@@H](C)C(=O)c2ccc3c(c2)CCC3)o1. The molecule has 0 amide bonds. The van der Waals surface area contributed by atoms with E-state index in [-0.39, 0.29) is 5.78 Å². The molecule has 4 heteroatoms. The Morgan fingerprint density at radius 2 is 1.96 bits per heavy atom. The fourth-order valence-corrected chi connectivity index (χ4v) is 2.92. The number of carbonyl (C=O) groups excluding carboxylic acids is 2. The van der Waals surface area contributed by atoms with Crippen molar-refractivity contribution in [3.8, 4) is 0 Å². The van der Waals surface area contributed by atoms with Crippen LogP contribution in [0.1, 0.15) is 46.3 Å². The van der Waals surface area contributed by atoms with Crippen LogP contribution in [-0.2, 0) is 22.4 Å². The van der Waals surface area contributed by atoms with Crippen molar-refractivity contribution in [3.63, 3.8) is 0 Å². The van der Waals surface area contributed by atoms with E-state index in [1.807, 2.05) is 31.2 Å². The van der Waals surface area contributed by atoms with E-state index in [1.165, 1.54) is 23.3 Å². The van der Waals surface area contributed by atoms with Crippen LogP contribution in [0.5, 0.6) is 0 Å². The number of hydrogen-bond donors (Lipinski definition) is 0. The van der Waals surface area contributed by atoms with Crippen molar-refractivity contribution in [1.82, 2.24) is 0 Å². The Bertz CT molecular complexity index is 798. The second-order valence-corrected chi connectivity index (χ2v) is 6.06. The van der Waals surface area contributed by atoms with Gasteiger partial charge in [-0.1, -0.05) is 12.1 Å². The number of esters is 1. The van der Waals surface area contributed by atoms with Crippen molar-refractivity contribution < 1.29 is 18.7 Å². The van der Waals surface area contributed by atoms with Gasteiger partial charge in [0.2, 0.25) is 5.78 Å². The van der Waals surface area contributed by atoms with Crippen molar-refractivity contribution in [3.05, 3.63) is 64.6 Å². The number of rotatable bonds is 5. The zero-order valence-corrected chi connectivity index (χ0v) is 13.9. The summed E-state index contributed by atoms with van der Waals surface area (Å²) < 4.78 is 10.5. The van der Waals surface area contributed by atoms with Crippen LogP contribution in [0.4, 0.5) is 0 Å². The first kappa shape index (κ1) is 16.2. The first-order valence-corrected chi connectivity index (χ1v) is 8.14. The molecule has 0 spiro atoms. The Kier molecular flexibility index (Phi) is 4.65. The van der Waals surface area contributed by atoms with E-state index in [0.717, 1.165) is 25.0 Å². The molecule has 124 valence electrons. The first-order chi connectivity index (χ1) is 11.5. The molecule has 4 nitrogen and oxygen atoms in total. The van der Waals surface area contributed by atoms with Crippen LogP contribution in [-0.4, -0.2) is 17.9 Å². The zero-order valence-electron chi connectivity index (χ0n) is 13.9. The molecule has 0 unspecified atom stereocenters. The van der Waals surface area contributed by atoms with Crippen LogP contribution in [0.25, 0.3) is 6.08 Å². The van der Waals surface area contributed by atoms with Crippen molar-refractivity contribution >= 4 is 17.8 Å². The van der Waals surface area contributed by atoms with Crippen molar-refractivity contribution in [2.24, 2.45) is 0 Å². The van der Waals surface area contributed by atoms with Crippen molar-refractivity contribution in [2.75, 3.05) is 0 Å². The molecule has 1 aromatic carbocycles. The first-order valence-electron chi connectivity index (χ1n) is 8.14. The summed E-state index contributed by atoms with van der Waals surface area (Å²) in [5.74, 6) is 0.594. The molecule has 1 heterocycles. The monoisotopic (exact) mass is 324 g/mol. The van der Waals surface area contributed by atoms with Gasteiger partial charge in [0.25, 0.3) is 0 Å². The average molecular weight is 324 g/mol. The zero-order chi connectivity index (χ0) is 17.1. The van der Waals surface area contributed by atoms with Crippen LogP contribution < -0.4 is 0 Å². The number of ketones is 1. The fourth-order valence-electron chi connectivity index (χ4n) is 2.92. The third-order valence-electron chi connectivity index (χ3n) is 4.19. The van der Waals surface area contributed by atoms with E-state index < -0.39 is 12.1 Å². The van der Waals surface area contributed by atoms with Crippen LogP contribution in [0.2, 0.25) is 0 Å². The summed E-state index contributed by atoms with van der Waals surface area (Å²) in [6, 6.07) is 9.32. The Morgan fingerprint density at radius 1 is 1.17 bits per heavy atom. The largest absolute Gasteiger partial charge is 0.462 e. The normalized spacial score (nSPS) is 14.6. The van der Waals surface area contributed by atoms with Gasteiger partial charge in [-0.25, -0.2) is 4.79 Å². The summed E-state index contributed by atoms with van der Waals surface area (Å²) in [6.07, 6.45) is 5.20. The Hall–Kier alpha value is -2.62. The molecule has 1 aliphatic rings. The maximum absolute atomic E-state index is 12.4. The van der Waals surface area contributed by atoms with Gasteiger partial charge in [0.1, 0.15) is 11.5 Å². The summed E-state index contributed by atoms with van der Waals surface area (Å²) >= 11 is 0. The molecule has 2 aromatic rings. The summed E-state index contributed by atoms with van der Waals surface area (Å²) in [4.78, 5) is 24.3.